The predicted octanol–water partition coefficient (Wildman–Crippen LogP) is 3.26. The van der Waals surface area contributed by atoms with Gasteiger partial charge in [-0.3, -0.25) is 18.7 Å². The third-order valence-corrected chi connectivity index (χ3v) is 9.67. The molecule has 0 bridgehead atoms. The number of para-hydroxylation sites is 1. The molecule has 2 aromatic carbocycles. The first-order valence-electron chi connectivity index (χ1n) is 13.4. The summed E-state index contributed by atoms with van der Waals surface area (Å²) in [5.74, 6) is -1.77. The first-order valence-corrected chi connectivity index (χ1v) is 14.8. The van der Waals surface area contributed by atoms with Crippen molar-refractivity contribution in [1.29, 1.82) is 0 Å². The van der Waals surface area contributed by atoms with E-state index in [-0.39, 0.29) is 35.5 Å². The highest BCUT2D eigenvalue weighted by Crippen LogP contribution is 2.38. The maximum atomic E-state index is 13.5. The Balaban J connectivity index is 1.39. The van der Waals surface area contributed by atoms with Gasteiger partial charge in [0.15, 0.2) is 0 Å². The second kappa shape index (κ2) is 10.8. The Hall–Kier alpha value is -4.06. The number of sulfonamides is 1. The molecule has 11 nitrogen and oxygen atoms in total. The third-order valence-electron chi connectivity index (χ3n) is 7.86. The van der Waals surface area contributed by atoms with Crippen LogP contribution in [0, 0.1) is 5.92 Å². The van der Waals surface area contributed by atoms with E-state index in [0.717, 1.165) is 18.8 Å². The largest absolute Gasteiger partial charge is 0.477 e. The highest BCUT2D eigenvalue weighted by atomic mass is 32.2. The van der Waals surface area contributed by atoms with E-state index < -0.39 is 26.8 Å². The molecule has 12 heteroatoms. The number of carboxylic acids is 1. The van der Waals surface area contributed by atoms with Crippen LogP contribution in [0.1, 0.15) is 60.9 Å². The maximum Gasteiger partial charge on any atom is 0.366 e. The summed E-state index contributed by atoms with van der Waals surface area (Å²) in [6.07, 6.45) is 10.1. The van der Waals surface area contributed by atoms with Crippen molar-refractivity contribution in [3.8, 4) is 11.4 Å². The number of carboxylic acid groups (broad SMARTS) is 1. The van der Waals surface area contributed by atoms with Crippen molar-refractivity contribution in [2.24, 2.45) is 11.7 Å². The molecule has 2 aliphatic rings. The highest BCUT2D eigenvalue weighted by molar-refractivity contribution is 7.94. The zero-order chi connectivity index (χ0) is 28.5. The van der Waals surface area contributed by atoms with E-state index in [1.165, 1.54) is 54.5 Å². The average Bonchev–Trinajstić information content (AvgIpc) is 3.58. The third kappa shape index (κ3) is 5.10. The van der Waals surface area contributed by atoms with Crippen molar-refractivity contribution in [2.75, 3.05) is 4.72 Å². The Kier molecular flexibility index (Phi) is 7.45. The second-order valence-electron chi connectivity index (χ2n) is 10.4. The molecular formula is C28H32N4O7S. The summed E-state index contributed by atoms with van der Waals surface area (Å²) >= 11 is 0. The molecule has 3 aromatic rings. The summed E-state index contributed by atoms with van der Waals surface area (Å²) < 4.78 is 37.7. The number of carbonyl (C=O) groups is 2. The van der Waals surface area contributed by atoms with Crippen LogP contribution in [0.25, 0.3) is 5.69 Å². The van der Waals surface area contributed by atoms with Crippen LogP contribution in [0.4, 0.5) is 5.69 Å². The van der Waals surface area contributed by atoms with E-state index >= 15 is 0 Å². The lowest BCUT2D eigenvalue weighted by atomic mass is 10.0. The van der Waals surface area contributed by atoms with Crippen LogP contribution in [0.5, 0.6) is 5.75 Å². The summed E-state index contributed by atoms with van der Waals surface area (Å²) in [5, 5.41) is 9.98. The standard InChI is InChI=1S/C28H32N4O7S/c29-25(33)22-18-21(32-17-16-31(27(32)36)15-5-8-19-6-1-2-7-19)11-12-23(22)30-40(37,38)28(26(34)35)14-13-20-9-3-4-10-24(20)39-28/h3-4,9-12,16-19,30H,1-2,5-8,13-15H2,(H2,29,33)(H,34,35). The molecule has 0 radical (unpaired) electrons. The van der Waals surface area contributed by atoms with E-state index in [9.17, 15) is 27.9 Å². The first kappa shape index (κ1) is 27.5. The van der Waals surface area contributed by atoms with Crippen molar-refractivity contribution >= 4 is 27.6 Å². The van der Waals surface area contributed by atoms with Crippen LogP contribution >= 0.6 is 0 Å². The molecule has 1 atom stereocenters. The normalized spacial score (nSPS) is 19.1. The van der Waals surface area contributed by atoms with E-state index in [2.05, 4.69) is 4.72 Å². The van der Waals surface area contributed by atoms with Crippen LogP contribution in [-0.4, -0.2) is 39.5 Å². The molecule has 1 aliphatic carbocycles. The molecule has 1 unspecified atom stereocenters. The molecular weight excluding hydrogens is 536 g/mol. The molecule has 4 N–H and O–H groups in total. The van der Waals surface area contributed by atoms with Crippen molar-refractivity contribution in [3.05, 3.63) is 76.5 Å². The number of amides is 1. The molecule has 5 rings (SSSR count). The summed E-state index contributed by atoms with van der Waals surface area (Å²) in [6.45, 7) is 0.573. The molecule has 1 saturated carbocycles. The molecule has 1 amide bonds. The minimum Gasteiger partial charge on any atom is -0.477 e. The number of nitrogens with zero attached hydrogens (tertiary/aromatic N) is 2. The number of fused-ring (bicyclic) bond motifs is 1. The van der Waals surface area contributed by atoms with Crippen molar-refractivity contribution in [1.82, 2.24) is 9.13 Å². The number of ether oxygens (including phenoxy) is 1. The fourth-order valence-corrected chi connectivity index (χ4v) is 7.06. The number of primary amides is 1. The van der Waals surface area contributed by atoms with Crippen molar-refractivity contribution < 1.29 is 27.9 Å². The monoisotopic (exact) mass is 568 g/mol. The smallest absolute Gasteiger partial charge is 0.366 e. The molecule has 1 fully saturated rings. The number of carbonyl (C=O) groups excluding carboxylic acids is 1. The first-order chi connectivity index (χ1) is 19.1. The maximum absolute atomic E-state index is 13.5. The molecule has 212 valence electrons. The molecule has 40 heavy (non-hydrogen) atoms. The quantitative estimate of drug-likeness (QED) is 0.338. The van der Waals surface area contributed by atoms with Gasteiger partial charge in [-0.15, -0.1) is 0 Å². The number of aromatic nitrogens is 2. The summed E-state index contributed by atoms with van der Waals surface area (Å²) in [5.41, 5.74) is 5.83. The number of anilines is 1. The summed E-state index contributed by atoms with van der Waals surface area (Å²) in [7, 11) is -4.75. The van der Waals surface area contributed by atoms with Crippen LogP contribution < -0.4 is 20.9 Å². The lowest BCUT2D eigenvalue weighted by Crippen LogP contribution is -2.56. The number of benzene rings is 2. The lowest BCUT2D eigenvalue weighted by molar-refractivity contribution is -0.149. The van der Waals surface area contributed by atoms with E-state index in [4.69, 9.17) is 10.5 Å². The van der Waals surface area contributed by atoms with Gasteiger partial charge < -0.3 is 15.6 Å². The van der Waals surface area contributed by atoms with E-state index in [1.54, 1.807) is 35.2 Å². The Bertz CT molecular complexity index is 1600. The molecule has 0 saturated heterocycles. The van der Waals surface area contributed by atoms with Crippen molar-refractivity contribution in [3.63, 3.8) is 0 Å². The van der Waals surface area contributed by atoms with Gasteiger partial charge in [-0.05, 0) is 55.0 Å². The Morgan fingerprint density at radius 2 is 1.88 bits per heavy atom. The number of imidazole rings is 1. The number of hydrogen-bond donors (Lipinski definition) is 3. The van der Waals surface area contributed by atoms with Crippen LogP contribution in [-0.2, 0) is 27.8 Å². The van der Waals surface area contributed by atoms with Crippen LogP contribution in [0.2, 0.25) is 0 Å². The Morgan fingerprint density at radius 1 is 1.12 bits per heavy atom. The number of rotatable bonds is 10. The van der Waals surface area contributed by atoms with Crippen LogP contribution in [0.3, 0.4) is 0 Å². The van der Waals surface area contributed by atoms with Gasteiger partial charge in [-0.1, -0.05) is 43.9 Å². The van der Waals surface area contributed by atoms with E-state index in [0.29, 0.717) is 17.8 Å². The van der Waals surface area contributed by atoms with Crippen molar-refractivity contribution in [2.45, 2.75) is 62.8 Å². The van der Waals surface area contributed by atoms with Gasteiger partial charge in [-0.2, -0.15) is 0 Å². The topological polar surface area (TPSA) is 163 Å². The predicted molar refractivity (Wildman–Crippen MR) is 148 cm³/mol. The van der Waals surface area contributed by atoms with Crippen LogP contribution in [0.15, 0.2) is 59.7 Å². The molecule has 0 spiro atoms. The number of hydrogen-bond acceptors (Lipinski definition) is 6. The van der Waals surface area contributed by atoms with Gasteiger partial charge in [0.25, 0.3) is 15.9 Å². The fraction of sp³-hybridized carbons (Fsp3) is 0.393. The summed E-state index contributed by atoms with van der Waals surface area (Å²) in [4.78, 5) is 35.1. The average molecular weight is 569 g/mol. The Labute approximate surface area is 231 Å². The van der Waals surface area contributed by atoms with Gasteiger partial charge in [-0.25, -0.2) is 18.0 Å². The number of nitrogens with two attached hydrogens (primary N) is 1. The molecule has 1 aromatic heterocycles. The van der Waals surface area contributed by atoms with Gasteiger partial charge >= 0.3 is 16.6 Å². The summed E-state index contributed by atoms with van der Waals surface area (Å²) in [6, 6.07) is 10.6. The highest BCUT2D eigenvalue weighted by Gasteiger charge is 2.56. The number of aryl methyl sites for hydroxylation is 2. The zero-order valence-corrected chi connectivity index (χ0v) is 22.7. The lowest BCUT2D eigenvalue weighted by Gasteiger charge is -2.34. The second-order valence-corrected chi connectivity index (χ2v) is 12.3. The minimum atomic E-state index is -4.75. The fourth-order valence-electron chi connectivity index (χ4n) is 5.62. The SMILES string of the molecule is NC(=O)c1cc(-n2ccn(CCCC3CCCC3)c2=O)ccc1NS(=O)(=O)C1(C(=O)O)CCc2ccccc2O1. The minimum absolute atomic E-state index is 0.152. The Morgan fingerprint density at radius 3 is 2.60 bits per heavy atom. The van der Waals surface area contributed by atoms with Gasteiger partial charge in [0.05, 0.1) is 16.9 Å². The van der Waals surface area contributed by atoms with Gasteiger partial charge in [0.1, 0.15) is 5.75 Å². The number of nitrogens with one attached hydrogen (secondary N) is 1. The number of aliphatic carboxylic acids is 1. The van der Waals surface area contributed by atoms with Gasteiger partial charge in [0.2, 0.25) is 0 Å². The van der Waals surface area contributed by atoms with E-state index in [1.807, 2.05) is 0 Å². The zero-order valence-electron chi connectivity index (χ0n) is 21.9. The van der Waals surface area contributed by atoms with Gasteiger partial charge in [0, 0.05) is 25.4 Å². The molecule has 2 heterocycles. The molecule has 1 aliphatic heterocycles.